The smallest absolute Gasteiger partial charge is 0.266 e. The number of aliphatic imine (C=N–C) groups is 1. The maximum Gasteiger partial charge on any atom is 0.266 e. The average Bonchev–Trinajstić information content (AvgIpc) is 2.14. The van der Waals surface area contributed by atoms with Crippen molar-refractivity contribution in [2.24, 2.45) is 16.5 Å². The number of primary amides is 1. The van der Waals surface area contributed by atoms with E-state index in [2.05, 4.69) is 4.99 Å². The molecule has 1 aliphatic heterocycles. The van der Waals surface area contributed by atoms with Crippen molar-refractivity contribution >= 4 is 19.9 Å². The topological polar surface area (TPSA) is 81.5 Å². The summed E-state index contributed by atoms with van der Waals surface area (Å²) in [7, 11) is 0.307. The number of nitrogens with two attached hydrogens (primary N) is 2. The van der Waals surface area contributed by atoms with Crippen LogP contribution < -0.4 is 11.5 Å². The second kappa shape index (κ2) is 2.42. The van der Waals surface area contributed by atoms with Crippen molar-refractivity contribution in [3.63, 3.8) is 0 Å². The van der Waals surface area contributed by atoms with E-state index < -0.39 is 5.91 Å². The highest BCUT2D eigenvalue weighted by molar-refractivity contribution is 7.63. The summed E-state index contributed by atoms with van der Waals surface area (Å²) in [6.07, 6.45) is 0. The molecule has 1 rings (SSSR count). The van der Waals surface area contributed by atoms with Crippen LogP contribution in [0.25, 0.3) is 0 Å². The zero-order valence-corrected chi connectivity index (χ0v) is 5.79. The summed E-state index contributed by atoms with van der Waals surface area (Å²) >= 11 is 0. The molecule has 4 nitrogen and oxygen atoms in total. The fourth-order valence-electron chi connectivity index (χ4n) is 0.606. The molecule has 4 N–H and O–H groups in total. The fraction of sp³-hybridized carbons (Fsp3) is 0.500. The van der Waals surface area contributed by atoms with Gasteiger partial charge in [0.05, 0.1) is 6.54 Å². The molecule has 0 saturated heterocycles. The van der Waals surface area contributed by atoms with Gasteiger partial charge in [0.2, 0.25) is 0 Å². The van der Waals surface area contributed by atoms with Gasteiger partial charge in [0.25, 0.3) is 5.91 Å². The fourth-order valence-corrected chi connectivity index (χ4v) is 1.46. The maximum absolute atomic E-state index is 10.4. The van der Waals surface area contributed by atoms with Crippen LogP contribution in [0.15, 0.2) is 4.99 Å². The van der Waals surface area contributed by atoms with E-state index in [9.17, 15) is 4.79 Å². The molecule has 9 heavy (non-hydrogen) atoms. The summed E-state index contributed by atoms with van der Waals surface area (Å²) in [4.78, 5) is 14.2. The highest BCUT2D eigenvalue weighted by Gasteiger charge is 2.17. The normalized spacial score (nSPS) is 28.6. The second-order valence-electron chi connectivity index (χ2n) is 1.80. The van der Waals surface area contributed by atoms with Crippen LogP contribution in [0, 0.1) is 0 Å². The third-order valence-corrected chi connectivity index (χ3v) is 2.23. The Morgan fingerprint density at radius 1 is 1.89 bits per heavy atom. The van der Waals surface area contributed by atoms with E-state index in [1.807, 2.05) is 0 Å². The van der Waals surface area contributed by atoms with Gasteiger partial charge >= 0.3 is 0 Å². The lowest BCUT2D eigenvalue weighted by Crippen LogP contribution is -2.19. The van der Waals surface area contributed by atoms with Crippen LogP contribution >= 0.6 is 8.58 Å². The molecule has 0 aromatic heterocycles. The summed E-state index contributed by atoms with van der Waals surface area (Å²) in [6, 6.07) is 0. The largest absolute Gasteiger partial charge is 0.364 e. The van der Waals surface area contributed by atoms with Crippen LogP contribution in [0.5, 0.6) is 0 Å². The van der Waals surface area contributed by atoms with Gasteiger partial charge < -0.3 is 11.5 Å². The number of amides is 1. The first kappa shape index (κ1) is 6.65. The Labute approximate surface area is 54.5 Å². The van der Waals surface area contributed by atoms with Crippen LogP contribution in [0.4, 0.5) is 0 Å². The lowest BCUT2D eigenvalue weighted by molar-refractivity contribution is -0.111. The molecule has 2 unspecified atom stereocenters. The molecule has 1 amide bonds. The van der Waals surface area contributed by atoms with Crippen LogP contribution in [-0.4, -0.2) is 23.7 Å². The van der Waals surface area contributed by atoms with Gasteiger partial charge in [0, 0.05) is 5.78 Å². The minimum atomic E-state index is -0.429. The summed E-state index contributed by atoms with van der Waals surface area (Å²) < 4.78 is 0. The minimum Gasteiger partial charge on any atom is -0.364 e. The molecule has 1 heterocycles. The van der Waals surface area contributed by atoms with E-state index in [1.54, 1.807) is 0 Å². The summed E-state index contributed by atoms with van der Waals surface area (Å²) in [5.74, 6) is -0.395. The molecule has 1 aliphatic rings. The van der Waals surface area contributed by atoms with E-state index in [-0.39, 0.29) is 5.78 Å². The van der Waals surface area contributed by atoms with Crippen LogP contribution in [0.1, 0.15) is 0 Å². The van der Waals surface area contributed by atoms with E-state index in [0.29, 0.717) is 20.6 Å². The van der Waals surface area contributed by atoms with Crippen LogP contribution in [0.3, 0.4) is 0 Å². The molecule has 50 valence electrons. The van der Waals surface area contributed by atoms with E-state index in [4.69, 9.17) is 11.5 Å². The Bertz CT molecular complexity index is 167. The zero-order chi connectivity index (χ0) is 6.85. The van der Waals surface area contributed by atoms with Crippen molar-refractivity contribution in [3.8, 4) is 0 Å². The number of rotatable bonds is 1. The lowest BCUT2D eigenvalue weighted by Gasteiger charge is -1.95. The highest BCUT2D eigenvalue weighted by atomic mass is 31.1. The van der Waals surface area contributed by atoms with E-state index >= 15 is 0 Å². The van der Waals surface area contributed by atoms with Gasteiger partial charge in [0.15, 0.2) is 0 Å². The number of hydrogen-bond donors (Lipinski definition) is 2. The average molecular weight is 145 g/mol. The summed E-state index contributed by atoms with van der Waals surface area (Å²) in [5.41, 5.74) is 10.9. The lowest BCUT2D eigenvalue weighted by atomic mass is 10.6. The predicted octanol–water partition coefficient (Wildman–Crippen LogP) is -1.15. The van der Waals surface area contributed by atoms with E-state index in [0.717, 1.165) is 0 Å². The Hall–Kier alpha value is -0.470. The molecule has 0 aliphatic carbocycles. The van der Waals surface area contributed by atoms with Gasteiger partial charge in [-0.1, -0.05) is 0 Å². The summed E-state index contributed by atoms with van der Waals surface area (Å²) in [5, 5.41) is 0. The molecule has 0 radical (unpaired) electrons. The molecular weight excluding hydrogens is 137 g/mol. The number of nitrogens with zero attached hydrogens (tertiary/aromatic N) is 1. The van der Waals surface area contributed by atoms with Gasteiger partial charge in [-0.3, -0.25) is 9.79 Å². The maximum atomic E-state index is 10.4. The first-order valence-electron chi connectivity index (χ1n) is 2.56. The monoisotopic (exact) mass is 145 g/mol. The Balaban J connectivity index is 2.55. The predicted molar refractivity (Wildman–Crippen MR) is 37.8 cm³/mol. The van der Waals surface area contributed by atoms with Crippen molar-refractivity contribution in [3.05, 3.63) is 0 Å². The Morgan fingerprint density at radius 3 is 2.78 bits per heavy atom. The zero-order valence-electron chi connectivity index (χ0n) is 4.79. The molecule has 2 atom stereocenters. The molecule has 0 aromatic rings. The molecule has 5 heteroatoms. The van der Waals surface area contributed by atoms with Crippen LogP contribution in [0.2, 0.25) is 0 Å². The third kappa shape index (κ3) is 1.47. The molecule has 0 aromatic carbocycles. The third-order valence-electron chi connectivity index (χ3n) is 1.00. The van der Waals surface area contributed by atoms with Crippen molar-refractivity contribution < 1.29 is 4.79 Å². The van der Waals surface area contributed by atoms with Gasteiger partial charge in [0.1, 0.15) is 5.45 Å². The van der Waals surface area contributed by atoms with Crippen molar-refractivity contribution in [1.82, 2.24) is 0 Å². The van der Waals surface area contributed by atoms with Crippen molar-refractivity contribution in [2.45, 2.75) is 5.78 Å². The molecule has 0 fully saturated rings. The molecule has 0 saturated carbocycles. The first-order chi connectivity index (χ1) is 4.20. The number of hydrogen-bond acceptors (Lipinski definition) is 3. The van der Waals surface area contributed by atoms with Gasteiger partial charge in [-0.2, -0.15) is 0 Å². The first-order valence-corrected chi connectivity index (χ1v) is 3.64. The molecule has 0 spiro atoms. The van der Waals surface area contributed by atoms with Crippen molar-refractivity contribution in [2.75, 3.05) is 6.54 Å². The minimum absolute atomic E-state index is 0.0347. The van der Waals surface area contributed by atoms with Gasteiger partial charge in [-0.15, -0.1) is 0 Å². The van der Waals surface area contributed by atoms with Crippen LogP contribution in [-0.2, 0) is 4.79 Å². The molecular formula is C4H8N3OP. The standard InChI is InChI=1S/C4H8N3OP/c5-2-1-7-4(9-2)3(6)8/h2,9H,1,5H2,(H2,6,8). The number of carbonyl (C=O) groups is 1. The van der Waals surface area contributed by atoms with E-state index in [1.165, 1.54) is 0 Å². The summed E-state index contributed by atoms with van der Waals surface area (Å²) in [6.45, 7) is 0.552. The Morgan fingerprint density at radius 2 is 2.56 bits per heavy atom. The van der Waals surface area contributed by atoms with Crippen molar-refractivity contribution in [1.29, 1.82) is 0 Å². The molecule has 0 bridgehead atoms. The second-order valence-corrected chi connectivity index (χ2v) is 3.31. The Kier molecular flexibility index (Phi) is 1.78. The van der Waals surface area contributed by atoms with Gasteiger partial charge in [-0.25, -0.2) is 0 Å². The van der Waals surface area contributed by atoms with Gasteiger partial charge in [-0.05, 0) is 8.58 Å². The highest BCUT2D eigenvalue weighted by Crippen LogP contribution is 2.23. The quantitative estimate of drug-likeness (QED) is 0.456. The number of carbonyl (C=O) groups excluding carboxylic acids is 1. The SMILES string of the molecule is NC(=O)C1=NCC(N)P1.